The van der Waals surface area contributed by atoms with Crippen LogP contribution >= 0.6 is 11.6 Å². The Morgan fingerprint density at radius 3 is 2.48 bits per heavy atom. The molecule has 1 saturated carbocycles. The monoisotopic (exact) mass is 493 g/mol. The molecular formula is C23H28ClN3O5S. The van der Waals surface area contributed by atoms with Gasteiger partial charge in [0.1, 0.15) is 12.3 Å². The molecule has 0 aliphatic heterocycles. The van der Waals surface area contributed by atoms with Gasteiger partial charge in [0, 0.05) is 11.1 Å². The second-order valence-corrected chi connectivity index (χ2v) is 10.3. The second-order valence-electron chi connectivity index (χ2n) is 7.99. The second kappa shape index (κ2) is 10.9. The van der Waals surface area contributed by atoms with Gasteiger partial charge >= 0.3 is 0 Å². The lowest BCUT2D eigenvalue weighted by Crippen LogP contribution is -2.39. The van der Waals surface area contributed by atoms with Crippen molar-refractivity contribution in [1.82, 2.24) is 5.32 Å². The molecule has 8 nitrogen and oxygen atoms in total. The van der Waals surface area contributed by atoms with Crippen LogP contribution in [0.5, 0.6) is 5.75 Å². The number of anilines is 2. The average Bonchev–Trinajstić information content (AvgIpc) is 2.77. The molecule has 10 heteroatoms. The van der Waals surface area contributed by atoms with E-state index in [4.69, 9.17) is 16.3 Å². The van der Waals surface area contributed by atoms with E-state index in [1.165, 1.54) is 25.7 Å². The molecule has 0 heterocycles. The highest BCUT2D eigenvalue weighted by Crippen LogP contribution is 2.32. The number of halogens is 1. The van der Waals surface area contributed by atoms with E-state index < -0.39 is 22.5 Å². The van der Waals surface area contributed by atoms with E-state index in [9.17, 15) is 18.0 Å². The van der Waals surface area contributed by atoms with E-state index in [2.05, 4.69) is 10.6 Å². The number of sulfonamides is 1. The molecule has 0 atom stereocenters. The zero-order valence-electron chi connectivity index (χ0n) is 18.6. The average molecular weight is 494 g/mol. The largest absolute Gasteiger partial charge is 0.495 e. The summed E-state index contributed by atoms with van der Waals surface area (Å²) in [5.41, 5.74) is 0.774. The van der Waals surface area contributed by atoms with Crippen molar-refractivity contribution in [3.05, 3.63) is 53.1 Å². The van der Waals surface area contributed by atoms with Crippen LogP contribution in [0.25, 0.3) is 0 Å². The van der Waals surface area contributed by atoms with Crippen LogP contribution in [0.3, 0.4) is 0 Å². The van der Waals surface area contributed by atoms with Crippen molar-refractivity contribution in [2.75, 3.05) is 29.5 Å². The summed E-state index contributed by atoms with van der Waals surface area (Å²) in [7, 11) is -2.45. The normalized spacial score (nSPS) is 14.4. The molecule has 0 unspecified atom stereocenters. The summed E-state index contributed by atoms with van der Waals surface area (Å²) in [6.07, 6.45) is 6.20. The SMILES string of the molecule is COc1ccc(Cl)cc1N(CC(=O)Nc1ccccc1C(=O)NC1CCCCC1)S(C)(=O)=O. The predicted molar refractivity (Wildman–Crippen MR) is 130 cm³/mol. The molecule has 0 radical (unpaired) electrons. The lowest BCUT2D eigenvalue weighted by molar-refractivity contribution is -0.114. The first-order valence-electron chi connectivity index (χ1n) is 10.7. The summed E-state index contributed by atoms with van der Waals surface area (Å²) in [6.45, 7) is -0.520. The number of rotatable bonds is 8. The van der Waals surface area contributed by atoms with Crippen LogP contribution in [-0.4, -0.2) is 46.2 Å². The zero-order chi connectivity index (χ0) is 24.0. The first-order valence-corrected chi connectivity index (χ1v) is 12.9. The summed E-state index contributed by atoms with van der Waals surface area (Å²) in [5, 5.41) is 6.00. The summed E-state index contributed by atoms with van der Waals surface area (Å²) < 4.78 is 31.1. The third-order valence-corrected chi connectivity index (χ3v) is 6.84. The molecule has 2 aromatic carbocycles. The van der Waals surface area contributed by atoms with Crippen molar-refractivity contribution in [2.45, 2.75) is 38.1 Å². The fraction of sp³-hybridized carbons (Fsp3) is 0.391. The highest BCUT2D eigenvalue weighted by molar-refractivity contribution is 7.92. The number of methoxy groups -OCH3 is 1. The van der Waals surface area contributed by atoms with Gasteiger partial charge in [-0.05, 0) is 43.2 Å². The van der Waals surface area contributed by atoms with Crippen LogP contribution in [0, 0.1) is 0 Å². The highest BCUT2D eigenvalue weighted by atomic mass is 35.5. The Balaban J connectivity index is 1.79. The van der Waals surface area contributed by atoms with Gasteiger partial charge in [0.05, 0.1) is 30.3 Å². The lowest BCUT2D eigenvalue weighted by atomic mass is 9.95. The predicted octanol–water partition coefficient (Wildman–Crippen LogP) is 3.82. The molecule has 2 aromatic rings. The molecule has 0 saturated heterocycles. The van der Waals surface area contributed by atoms with Gasteiger partial charge in [-0.15, -0.1) is 0 Å². The van der Waals surface area contributed by atoms with Gasteiger partial charge in [0.2, 0.25) is 15.9 Å². The van der Waals surface area contributed by atoms with Crippen molar-refractivity contribution < 1.29 is 22.7 Å². The molecule has 2 amide bonds. The van der Waals surface area contributed by atoms with Crippen molar-refractivity contribution in [3.63, 3.8) is 0 Å². The van der Waals surface area contributed by atoms with Crippen LogP contribution in [-0.2, 0) is 14.8 Å². The van der Waals surface area contributed by atoms with Crippen molar-refractivity contribution >= 4 is 44.8 Å². The number of hydrogen-bond donors (Lipinski definition) is 2. The molecule has 0 bridgehead atoms. The number of para-hydroxylation sites is 1. The number of nitrogens with zero attached hydrogens (tertiary/aromatic N) is 1. The van der Waals surface area contributed by atoms with Gasteiger partial charge in [0.15, 0.2) is 0 Å². The summed E-state index contributed by atoms with van der Waals surface area (Å²) in [5.74, 6) is -0.625. The van der Waals surface area contributed by atoms with E-state index in [0.717, 1.165) is 36.2 Å². The Bertz CT molecular complexity index is 1120. The van der Waals surface area contributed by atoms with Crippen LogP contribution in [0.1, 0.15) is 42.5 Å². The number of carbonyl (C=O) groups excluding carboxylic acids is 2. The maximum absolute atomic E-state index is 12.9. The van der Waals surface area contributed by atoms with Crippen molar-refractivity contribution in [2.24, 2.45) is 0 Å². The zero-order valence-corrected chi connectivity index (χ0v) is 20.2. The number of ether oxygens (including phenoxy) is 1. The number of benzene rings is 2. The summed E-state index contributed by atoms with van der Waals surface area (Å²) >= 11 is 6.05. The van der Waals surface area contributed by atoms with Gasteiger partial charge in [-0.25, -0.2) is 8.42 Å². The van der Waals surface area contributed by atoms with E-state index >= 15 is 0 Å². The van der Waals surface area contributed by atoms with E-state index in [-0.39, 0.29) is 23.4 Å². The Morgan fingerprint density at radius 2 is 1.82 bits per heavy atom. The lowest BCUT2D eigenvalue weighted by Gasteiger charge is -2.25. The Hall–Kier alpha value is -2.78. The first-order chi connectivity index (χ1) is 15.7. The number of nitrogens with one attached hydrogen (secondary N) is 2. The van der Waals surface area contributed by atoms with Crippen LogP contribution in [0.2, 0.25) is 5.02 Å². The molecule has 1 fully saturated rings. The third kappa shape index (κ3) is 6.61. The van der Waals surface area contributed by atoms with E-state index in [1.807, 2.05) is 0 Å². The fourth-order valence-corrected chi connectivity index (χ4v) is 4.88. The van der Waals surface area contributed by atoms with E-state index in [1.54, 1.807) is 30.3 Å². The molecule has 1 aliphatic carbocycles. The van der Waals surface area contributed by atoms with Crippen molar-refractivity contribution in [1.29, 1.82) is 0 Å². The fourth-order valence-electron chi connectivity index (χ4n) is 3.86. The van der Waals surface area contributed by atoms with Gasteiger partial charge < -0.3 is 15.4 Å². The molecule has 1 aliphatic rings. The van der Waals surface area contributed by atoms with Gasteiger partial charge in [0.25, 0.3) is 5.91 Å². The molecule has 2 N–H and O–H groups in total. The molecular weight excluding hydrogens is 466 g/mol. The van der Waals surface area contributed by atoms with Gasteiger partial charge in [-0.1, -0.05) is 43.0 Å². The summed E-state index contributed by atoms with van der Waals surface area (Å²) in [4.78, 5) is 25.7. The Kier molecular flexibility index (Phi) is 8.20. The van der Waals surface area contributed by atoms with Crippen molar-refractivity contribution in [3.8, 4) is 5.75 Å². The Morgan fingerprint density at radius 1 is 1.12 bits per heavy atom. The molecule has 178 valence electrons. The van der Waals surface area contributed by atoms with Gasteiger partial charge in [-0.2, -0.15) is 0 Å². The first kappa shape index (κ1) is 24.9. The Labute approximate surface area is 199 Å². The van der Waals surface area contributed by atoms with Crippen LogP contribution in [0.4, 0.5) is 11.4 Å². The minimum Gasteiger partial charge on any atom is -0.495 e. The van der Waals surface area contributed by atoms with E-state index in [0.29, 0.717) is 16.3 Å². The quantitative estimate of drug-likeness (QED) is 0.581. The topological polar surface area (TPSA) is 105 Å². The molecule has 33 heavy (non-hydrogen) atoms. The standard InChI is InChI=1S/C23H28ClN3O5S/c1-32-21-13-12-16(24)14-20(21)27(33(2,30)31)15-22(28)26-19-11-7-6-10-18(19)23(29)25-17-8-4-3-5-9-17/h6-7,10-14,17H,3-5,8-9,15H2,1-2H3,(H,25,29)(H,26,28). The smallest absolute Gasteiger partial charge is 0.253 e. The minimum atomic E-state index is -3.85. The summed E-state index contributed by atoms with van der Waals surface area (Å²) in [6, 6.07) is 11.3. The minimum absolute atomic E-state index is 0.117. The molecule has 0 aromatic heterocycles. The number of amides is 2. The van der Waals surface area contributed by atoms with Crippen LogP contribution < -0.4 is 19.7 Å². The number of hydrogen-bond acceptors (Lipinski definition) is 5. The molecule has 0 spiro atoms. The maximum Gasteiger partial charge on any atom is 0.253 e. The third-order valence-electron chi connectivity index (χ3n) is 5.48. The number of carbonyl (C=O) groups is 2. The van der Waals surface area contributed by atoms with Gasteiger partial charge in [-0.3, -0.25) is 13.9 Å². The highest BCUT2D eigenvalue weighted by Gasteiger charge is 2.25. The van der Waals surface area contributed by atoms with Crippen LogP contribution in [0.15, 0.2) is 42.5 Å². The molecule has 3 rings (SSSR count). The maximum atomic E-state index is 12.9.